The van der Waals surface area contributed by atoms with Gasteiger partial charge < -0.3 is 5.32 Å². The van der Waals surface area contributed by atoms with Crippen LogP contribution in [0.25, 0.3) is 0 Å². The highest BCUT2D eigenvalue weighted by atomic mass is 16.2. The van der Waals surface area contributed by atoms with Crippen LogP contribution in [-0.4, -0.2) is 40.0 Å². The molecule has 2 aromatic rings. The summed E-state index contributed by atoms with van der Waals surface area (Å²) in [6, 6.07) is 9.03. The zero-order valence-corrected chi connectivity index (χ0v) is 14.7. The van der Waals surface area contributed by atoms with E-state index in [9.17, 15) is 14.9 Å². The molecule has 1 N–H and O–H groups in total. The third-order valence-electron chi connectivity index (χ3n) is 4.55. The summed E-state index contributed by atoms with van der Waals surface area (Å²) in [6.45, 7) is 4.61. The van der Waals surface area contributed by atoms with Crippen molar-refractivity contribution in [3.05, 3.63) is 52.2 Å². The summed E-state index contributed by atoms with van der Waals surface area (Å²) in [6.07, 6.45) is 1.39. The lowest BCUT2D eigenvalue weighted by Crippen LogP contribution is -2.30. The molecule has 1 aliphatic heterocycles. The fourth-order valence-corrected chi connectivity index (χ4v) is 2.91. The molecule has 26 heavy (non-hydrogen) atoms. The van der Waals surface area contributed by atoms with Gasteiger partial charge in [0, 0.05) is 13.1 Å². The predicted molar refractivity (Wildman–Crippen MR) is 95.8 cm³/mol. The Labute approximate surface area is 151 Å². The number of unbranched alkanes of at least 4 members (excludes halogenated alkanes) is 1. The van der Waals surface area contributed by atoms with Crippen LogP contribution in [0.1, 0.15) is 50.4 Å². The van der Waals surface area contributed by atoms with Gasteiger partial charge in [-0.3, -0.25) is 14.5 Å². The first-order valence-electron chi connectivity index (χ1n) is 8.47. The van der Waals surface area contributed by atoms with Crippen LogP contribution >= 0.6 is 0 Å². The van der Waals surface area contributed by atoms with Crippen molar-refractivity contribution in [2.24, 2.45) is 0 Å². The number of carbonyl (C=O) groups excluding carboxylic acids is 2. The summed E-state index contributed by atoms with van der Waals surface area (Å²) in [5.74, 6) is 0.00651. The second kappa shape index (κ2) is 7.31. The van der Waals surface area contributed by atoms with Crippen molar-refractivity contribution in [2.45, 2.75) is 26.7 Å². The average Bonchev–Trinajstić information content (AvgIpc) is 2.89. The normalized spacial score (nSPS) is 12.9. The summed E-state index contributed by atoms with van der Waals surface area (Å²) >= 11 is 0. The summed E-state index contributed by atoms with van der Waals surface area (Å²) in [4.78, 5) is 25.9. The Bertz CT molecular complexity index is 882. The molecule has 2 heterocycles. The number of aromatic nitrogens is 2. The van der Waals surface area contributed by atoms with Crippen molar-refractivity contribution in [2.75, 3.05) is 18.4 Å². The molecule has 1 aliphatic rings. The van der Waals surface area contributed by atoms with E-state index in [0.717, 1.165) is 17.7 Å². The smallest absolute Gasteiger partial charge is 0.261 e. The minimum absolute atomic E-state index is 0.231. The van der Waals surface area contributed by atoms with Gasteiger partial charge in [0.2, 0.25) is 0 Å². The first kappa shape index (κ1) is 17.5. The van der Waals surface area contributed by atoms with Gasteiger partial charge in [-0.25, -0.2) is 0 Å². The number of anilines is 1. The predicted octanol–water partition coefficient (Wildman–Crippen LogP) is 2.45. The number of nitriles is 1. The second-order valence-electron chi connectivity index (χ2n) is 6.19. The molecule has 2 amide bonds. The first-order chi connectivity index (χ1) is 12.5. The first-order valence-corrected chi connectivity index (χ1v) is 8.47. The Balaban J connectivity index is 1.52. The van der Waals surface area contributed by atoms with Crippen LogP contribution in [0.4, 0.5) is 5.82 Å². The number of nitrogens with zero attached hydrogens (tertiary/aromatic N) is 4. The fourth-order valence-electron chi connectivity index (χ4n) is 2.91. The molecule has 132 valence electrons. The Morgan fingerprint density at radius 3 is 2.35 bits per heavy atom. The molecular formula is C19H19N5O2. The van der Waals surface area contributed by atoms with Gasteiger partial charge in [0.15, 0.2) is 5.82 Å². The number of hydrogen-bond acceptors (Lipinski definition) is 6. The minimum atomic E-state index is -0.231. The topological polar surface area (TPSA) is 99.0 Å². The van der Waals surface area contributed by atoms with Crippen LogP contribution in [0.15, 0.2) is 24.3 Å². The number of benzene rings is 1. The van der Waals surface area contributed by atoms with Gasteiger partial charge >= 0.3 is 0 Å². The zero-order chi connectivity index (χ0) is 18.7. The van der Waals surface area contributed by atoms with E-state index in [-0.39, 0.29) is 11.8 Å². The van der Waals surface area contributed by atoms with Gasteiger partial charge in [-0.2, -0.15) is 10.4 Å². The Kier molecular flexibility index (Phi) is 4.94. The molecule has 0 saturated carbocycles. The lowest BCUT2D eigenvalue weighted by Gasteiger charge is -2.14. The van der Waals surface area contributed by atoms with Crippen molar-refractivity contribution in [1.29, 1.82) is 5.26 Å². The Hall–Kier alpha value is -3.27. The molecule has 0 unspecified atom stereocenters. The zero-order valence-electron chi connectivity index (χ0n) is 14.7. The van der Waals surface area contributed by atoms with Gasteiger partial charge in [-0.15, -0.1) is 5.10 Å². The third kappa shape index (κ3) is 3.14. The number of nitrogens with one attached hydrogen (secondary N) is 1. The molecular weight excluding hydrogens is 330 g/mol. The average molecular weight is 349 g/mol. The number of hydrogen-bond donors (Lipinski definition) is 1. The molecule has 1 aromatic carbocycles. The third-order valence-corrected chi connectivity index (χ3v) is 4.55. The summed E-state index contributed by atoms with van der Waals surface area (Å²) < 4.78 is 0. The molecule has 7 heteroatoms. The van der Waals surface area contributed by atoms with E-state index >= 15 is 0 Å². The van der Waals surface area contributed by atoms with Crippen LogP contribution in [0.3, 0.4) is 0 Å². The highest BCUT2D eigenvalue weighted by Crippen LogP contribution is 2.22. The van der Waals surface area contributed by atoms with Crippen molar-refractivity contribution >= 4 is 17.6 Å². The van der Waals surface area contributed by atoms with E-state index in [4.69, 9.17) is 0 Å². The Morgan fingerprint density at radius 1 is 1.08 bits per heavy atom. The van der Waals surface area contributed by atoms with Gasteiger partial charge in [0.05, 0.1) is 16.8 Å². The molecule has 1 aromatic heterocycles. The lowest BCUT2D eigenvalue weighted by atomic mass is 10.1. The van der Waals surface area contributed by atoms with E-state index in [1.165, 1.54) is 4.90 Å². The molecule has 0 spiro atoms. The van der Waals surface area contributed by atoms with E-state index in [2.05, 4.69) is 21.6 Å². The molecule has 3 rings (SSSR count). The molecule has 0 saturated heterocycles. The molecule has 0 aliphatic carbocycles. The largest absolute Gasteiger partial charge is 0.367 e. The maximum Gasteiger partial charge on any atom is 0.261 e. The van der Waals surface area contributed by atoms with E-state index in [1.807, 2.05) is 13.8 Å². The standard InChI is InChI=1S/C19H19N5O2/c1-12-13(2)22-23-17(16(12)11-20)21-9-5-6-10-24-18(25)14-7-3-4-8-15(14)19(24)26/h3-4,7-8H,5-6,9-10H2,1-2H3,(H,21,23). The SMILES string of the molecule is Cc1nnc(NCCCCN2C(=O)c3ccccc3C2=O)c(C#N)c1C. The highest BCUT2D eigenvalue weighted by Gasteiger charge is 2.34. The van der Waals surface area contributed by atoms with Gasteiger partial charge in [-0.05, 0) is 44.4 Å². The number of amides is 2. The number of aryl methyl sites for hydroxylation is 1. The van der Waals surface area contributed by atoms with E-state index in [0.29, 0.717) is 42.0 Å². The van der Waals surface area contributed by atoms with Gasteiger partial charge in [-0.1, -0.05) is 12.1 Å². The lowest BCUT2D eigenvalue weighted by molar-refractivity contribution is 0.0652. The maximum absolute atomic E-state index is 12.3. The van der Waals surface area contributed by atoms with Crippen LogP contribution < -0.4 is 5.32 Å². The molecule has 0 fully saturated rings. The number of fused-ring (bicyclic) bond motifs is 1. The van der Waals surface area contributed by atoms with E-state index < -0.39 is 0 Å². The fraction of sp³-hybridized carbons (Fsp3) is 0.316. The summed E-state index contributed by atoms with van der Waals surface area (Å²) in [5.41, 5.74) is 2.99. The number of rotatable bonds is 6. The van der Waals surface area contributed by atoms with Gasteiger partial charge in [0.1, 0.15) is 11.6 Å². The monoisotopic (exact) mass is 349 g/mol. The van der Waals surface area contributed by atoms with Crippen molar-refractivity contribution in [1.82, 2.24) is 15.1 Å². The van der Waals surface area contributed by atoms with Crippen LogP contribution in [0.5, 0.6) is 0 Å². The Morgan fingerprint density at radius 2 is 1.73 bits per heavy atom. The van der Waals surface area contributed by atoms with E-state index in [1.54, 1.807) is 24.3 Å². The second-order valence-corrected chi connectivity index (χ2v) is 6.19. The van der Waals surface area contributed by atoms with Crippen LogP contribution in [-0.2, 0) is 0 Å². The van der Waals surface area contributed by atoms with Crippen LogP contribution in [0, 0.1) is 25.2 Å². The maximum atomic E-state index is 12.3. The van der Waals surface area contributed by atoms with Crippen molar-refractivity contribution in [3.63, 3.8) is 0 Å². The number of carbonyl (C=O) groups is 2. The minimum Gasteiger partial charge on any atom is -0.367 e. The highest BCUT2D eigenvalue weighted by molar-refractivity contribution is 6.21. The van der Waals surface area contributed by atoms with Crippen molar-refractivity contribution in [3.8, 4) is 6.07 Å². The molecule has 0 atom stereocenters. The van der Waals surface area contributed by atoms with Crippen molar-refractivity contribution < 1.29 is 9.59 Å². The molecule has 0 bridgehead atoms. The van der Waals surface area contributed by atoms with Crippen LogP contribution in [0.2, 0.25) is 0 Å². The molecule has 0 radical (unpaired) electrons. The summed E-state index contributed by atoms with van der Waals surface area (Å²) in [5, 5.41) is 20.5. The molecule has 7 nitrogen and oxygen atoms in total. The number of imide groups is 1. The quantitative estimate of drug-likeness (QED) is 0.635. The summed E-state index contributed by atoms with van der Waals surface area (Å²) in [7, 11) is 0. The van der Waals surface area contributed by atoms with Gasteiger partial charge in [0.25, 0.3) is 11.8 Å².